The standard InChI is InChI=1S/C25H32N4O4/c1-4-6-19-7-5-8-20(25(19)31)16-26-27-24(30)18-29-13-11-28(12-14-29)17-21-15-22(32-2)9-10-23(21)33-3/h4-5,7-10,15-16,31H,1,6,11-14,17-18H2,2-3H3,(H,27,30)/b26-16+. The zero-order valence-electron chi connectivity index (χ0n) is 19.3. The molecule has 1 aliphatic rings. The number of para-hydroxylation sites is 1. The van der Waals surface area contributed by atoms with Gasteiger partial charge >= 0.3 is 0 Å². The molecule has 1 heterocycles. The van der Waals surface area contributed by atoms with Gasteiger partial charge in [-0.3, -0.25) is 14.6 Å². The number of rotatable bonds is 10. The van der Waals surface area contributed by atoms with Crippen molar-refractivity contribution in [1.29, 1.82) is 0 Å². The van der Waals surface area contributed by atoms with Crippen molar-refractivity contribution in [3.8, 4) is 17.2 Å². The second-order valence-electron chi connectivity index (χ2n) is 7.87. The SMILES string of the molecule is C=CCc1cccc(/C=N/NC(=O)CN2CCN(Cc3cc(OC)ccc3OC)CC2)c1O. The number of piperazine rings is 1. The lowest BCUT2D eigenvalue weighted by molar-refractivity contribution is -0.122. The van der Waals surface area contributed by atoms with E-state index in [0.29, 0.717) is 12.0 Å². The third-order valence-electron chi connectivity index (χ3n) is 5.62. The summed E-state index contributed by atoms with van der Waals surface area (Å²) >= 11 is 0. The fourth-order valence-electron chi connectivity index (χ4n) is 3.80. The van der Waals surface area contributed by atoms with Crippen LogP contribution in [0.5, 0.6) is 17.2 Å². The molecule has 2 N–H and O–H groups in total. The number of benzene rings is 2. The Morgan fingerprint density at radius 3 is 2.58 bits per heavy atom. The first-order valence-corrected chi connectivity index (χ1v) is 10.9. The van der Waals surface area contributed by atoms with E-state index in [0.717, 1.165) is 55.3 Å². The minimum atomic E-state index is -0.184. The van der Waals surface area contributed by atoms with E-state index in [9.17, 15) is 9.90 Å². The Labute approximate surface area is 195 Å². The molecule has 3 rings (SSSR count). The Kier molecular flexibility index (Phi) is 8.86. The lowest BCUT2D eigenvalue weighted by Crippen LogP contribution is -2.48. The van der Waals surface area contributed by atoms with E-state index in [1.807, 2.05) is 30.3 Å². The number of ether oxygens (including phenoxy) is 2. The van der Waals surface area contributed by atoms with Crippen LogP contribution in [-0.4, -0.2) is 74.0 Å². The molecule has 0 radical (unpaired) electrons. The van der Waals surface area contributed by atoms with Crippen LogP contribution in [-0.2, 0) is 17.8 Å². The van der Waals surface area contributed by atoms with E-state index < -0.39 is 0 Å². The van der Waals surface area contributed by atoms with Crippen molar-refractivity contribution < 1.29 is 19.4 Å². The number of phenolic OH excluding ortho intramolecular Hbond substituents is 1. The smallest absolute Gasteiger partial charge is 0.254 e. The maximum atomic E-state index is 12.3. The maximum Gasteiger partial charge on any atom is 0.254 e. The van der Waals surface area contributed by atoms with Gasteiger partial charge in [-0.1, -0.05) is 18.2 Å². The monoisotopic (exact) mass is 452 g/mol. The van der Waals surface area contributed by atoms with Crippen LogP contribution < -0.4 is 14.9 Å². The van der Waals surface area contributed by atoms with Gasteiger partial charge in [0.15, 0.2) is 0 Å². The molecular formula is C25H32N4O4. The first kappa shape index (κ1) is 24.3. The van der Waals surface area contributed by atoms with E-state index in [4.69, 9.17) is 9.47 Å². The molecule has 8 heteroatoms. The van der Waals surface area contributed by atoms with Crippen molar-refractivity contribution in [2.45, 2.75) is 13.0 Å². The van der Waals surface area contributed by atoms with Gasteiger partial charge in [-0.2, -0.15) is 5.10 Å². The predicted octanol–water partition coefficient (Wildman–Crippen LogP) is 2.41. The molecule has 2 aromatic carbocycles. The minimum absolute atomic E-state index is 0.152. The second kappa shape index (κ2) is 12.0. The number of hydrazone groups is 1. The molecule has 1 aliphatic heterocycles. The molecule has 0 aromatic heterocycles. The fourth-order valence-corrected chi connectivity index (χ4v) is 3.80. The molecular weight excluding hydrogens is 420 g/mol. The molecule has 0 atom stereocenters. The summed E-state index contributed by atoms with van der Waals surface area (Å²) in [5.41, 5.74) is 4.95. The number of allylic oxidation sites excluding steroid dienone is 1. The molecule has 1 amide bonds. The quantitative estimate of drug-likeness (QED) is 0.327. The highest BCUT2D eigenvalue weighted by Gasteiger charge is 2.20. The second-order valence-corrected chi connectivity index (χ2v) is 7.87. The van der Waals surface area contributed by atoms with Gasteiger partial charge in [0.1, 0.15) is 17.2 Å². The molecule has 1 fully saturated rings. The van der Waals surface area contributed by atoms with Gasteiger partial charge in [0.25, 0.3) is 5.91 Å². The first-order chi connectivity index (χ1) is 16.0. The average molecular weight is 453 g/mol. The zero-order valence-corrected chi connectivity index (χ0v) is 19.3. The van der Waals surface area contributed by atoms with E-state index in [-0.39, 0.29) is 18.2 Å². The van der Waals surface area contributed by atoms with Crippen LogP contribution in [0, 0.1) is 0 Å². The van der Waals surface area contributed by atoms with Crippen molar-refractivity contribution in [3.05, 3.63) is 65.7 Å². The number of aromatic hydroxyl groups is 1. The number of carbonyl (C=O) groups excluding carboxylic acids is 1. The molecule has 2 aromatic rings. The number of nitrogens with zero attached hydrogens (tertiary/aromatic N) is 3. The van der Waals surface area contributed by atoms with Gasteiger partial charge in [0.05, 0.1) is 27.0 Å². The van der Waals surface area contributed by atoms with Gasteiger partial charge in [-0.15, -0.1) is 6.58 Å². The normalized spacial score (nSPS) is 14.8. The molecule has 0 saturated carbocycles. The van der Waals surface area contributed by atoms with Crippen LogP contribution in [0.15, 0.2) is 54.2 Å². The molecule has 0 unspecified atom stereocenters. The summed E-state index contributed by atoms with van der Waals surface area (Å²) in [6, 6.07) is 11.2. The van der Waals surface area contributed by atoms with E-state index >= 15 is 0 Å². The molecule has 0 bridgehead atoms. The Morgan fingerprint density at radius 2 is 1.88 bits per heavy atom. The number of hydrogen-bond acceptors (Lipinski definition) is 7. The average Bonchev–Trinajstić information content (AvgIpc) is 2.82. The number of amides is 1. The molecule has 0 spiro atoms. The number of phenols is 1. The Morgan fingerprint density at radius 1 is 1.12 bits per heavy atom. The summed E-state index contributed by atoms with van der Waals surface area (Å²) in [5.74, 6) is 1.62. The Hall–Kier alpha value is -3.36. The molecule has 1 saturated heterocycles. The van der Waals surface area contributed by atoms with E-state index in [2.05, 4.69) is 26.9 Å². The first-order valence-electron chi connectivity index (χ1n) is 10.9. The van der Waals surface area contributed by atoms with Crippen LogP contribution in [0.3, 0.4) is 0 Å². The van der Waals surface area contributed by atoms with Gasteiger partial charge < -0.3 is 14.6 Å². The van der Waals surface area contributed by atoms with Crippen molar-refractivity contribution in [3.63, 3.8) is 0 Å². The summed E-state index contributed by atoms with van der Waals surface area (Å²) < 4.78 is 10.8. The summed E-state index contributed by atoms with van der Waals surface area (Å²) in [6.07, 6.45) is 3.75. The maximum absolute atomic E-state index is 12.3. The summed E-state index contributed by atoms with van der Waals surface area (Å²) in [5, 5.41) is 14.3. The molecule has 176 valence electrons. The highest BCUT2D eigenvalue weighted by Crippen LogP contribution is 2.25. The van der Waals surface area contributed by atoms with Crippen LogP contribution in [0.25, 0.3) is 0 Å². The third kappa shape index (κ3) is 6.81. The van der Waals surface area contributed by atoms with E-state index in [1.165, 1.54) is 6.21 Å². The van der Waals surface area contributed by atoms with Gasteiger partial charge in [-0.25, -0.2) is 5.43 Å². The highest BCUT2D eigenvalue weighted by molar-refractivity contribution is 5.86. The number of methoxy groups -OCH3 is 2. The predicted molar refractivity (Wildman–Crippen MR) is 129 cm³/mol. The van der Waals surface area contributed by atoms with Crippen molar-refractivity contribution >= 4 is 12.1 Å². The highest BCUT2D eigenvalue weighted by atomic mass is 16.5. The van der Waals surface area contributed by atoms with Crippen molar-refractivity contribution in [2.24, 2.45) is 5.10 Å². The topological polar surface area (TPSA) is 86.6 Å². The fraction of sp³-hybridized carbons (Fsp3) is 0.360. The van der Waals surface area contributed by atoms with Crippen LogP contribution in [0.2, 0.25) is 0 Å². The summed E-state index contributed by atoms with van der Waals surface area (Å²) in [7, 11) is 3.33. The van der Waals surface area contributed by atoms with Gasteiger partial charge in [-0.05, 0) is 36.2 Å². The van der Waals surface area contributed by atoms with Gasteiger partial charge in [0.2, 0.25) is 0 Å². The van der Waals surface area contributed by atoms with Crippen molar-refractivity contribution in [1.82, 2.24) is 15.2 Å². The number of nitrogens with one attached hydrogen (secondary N) is 1. The van der Waals surface area contributed by atoms with Crippen LogP contribution in [0.4, 0.5) is 0 Å². The van der Waals surface area contributed by atoms with Gasteiger partial charge in [0, 0.05) is 43.9 Å². The minimum Gasteiger partial charge on any atom is -0.507 e. The number of carbonyl (C=O) groups is 1. The Balaban J connectivity index is 1.46. The molecule has 8 nitrogen and oxygen atoms in total. The lowest BCUT2D eigenvalue weighted by Gasteiger charge is -2.34. The third-order valence-corrected chi connectivity index (χ3v) is 5.62. The summed E-state index contributed by atoms with van der Waals surface area (Å²) in [6.45, 7) is 7.99. The summed E-state index contributed by atoms with van der Waals surface area (Å²) in [4.78, 5) is 16.7. The largest absolute Gasteiger partial charge is 0.507 e. The number of hydrogen-bond donors (Lipinski definition) is 2. The molecule has 0 aliphatic carbocycles. The molecule has 33 heavy (non-hydrogen) atoms. The van der Waals surface area contributed by atoms with Crippen molar-refractivity contribution in [2.75, 3.05) is 46.9 Å². The Bertz CT molecular complexity index is 984. The zero-order chi connectivity index (χ0) is 23.6. The van der Waals surface area contributed by atoms with E-state index in [1.54, 1.807) is 26.4 Å². The van der Waals surface area contributed by atoms with Crippen LogP contribution in [0.1, 0.15) is 16.7 Å². The van der Waals surface area contributed by atoms with Crippen LogP contribution >= 0.6 is 0 Å². The lowest BCUT2D eigenvalue weighted by atomic mass is 10.1.